The number of carbonyl (C=O) groups excluding carboxylic acids is 1. The summed E-state index contributed by atoms with van der Waals surface area (Å²) in [4.78, 5) is 17.5. The first-order chi connectivity index (χ1) is 8.56. The number of piperazine rings is 1. The van der Waals surface area contributed by atoms with Gasteiger partial charge >= 0.3 is 6.03 Å². The predicted octanol–water partition coefficient (Wildman–Crippen LogP) is 0.782. The summed E-state index contributed by atoms with van der Waals surface area (Å²) in [7, 11) is 3.57. The fourth-order valence-electron chi connectivity index (χ4n) is 2.09. The van der Waals surface area contributed by atoms with Gasteiger partial charge in [-0.05, 0) is 6.92 Å². The van der Waals surface area contributed by atoms with Crippen molar-refractivity contribution in [2.75, 3.05) is 40.3 Å². The van der Waals surface area contributed by atoms with Crippen molar-refractivity contribution in [3.63, 3.8) is 0 Å². The fraction of sp³-hybridized carbons (Fsp3) is 0.667. The zero-order chi connectivity index (χ0) is 13.1. The van der Waals surface area contributed by atoms with Gasteiger partial charge in [0.2, 0.25) is 0 Å². The van der Waals surface area contributed by atoms with Crippen molar-refractivity contribution in [2.24, 2.45) is 0 Å². The van der Waals surface area contributed by atoms with Crippen molar-refractivity contribution in [3.8, 4) is 0 Å². The van der Waals surface area contributed by atoms with E-state index in [-0.39, 0.29) is 6.03 Å². The molecule has 6 heteroatoms. The number of carbonyl (C=O) groups is 1. The molecule has 1 aromatic heterocycles. The number of aromatic nitrogens is 1. The van der Waals surface area contributed by atoms with Crippen LogP contribution >= 0.6 is 0 Å². The van der Waals surface area contributed by atoms with Crippen LogP contribution in [0, 0.1) is 6.92 Å². The normalized spacial score (nSPS) is 16.9. The Bertz CT molecular complexity index is 408. The van der Waals surface area contributed by atoms with Crippen LogP contribution in [0.5, 0.6) is 0 Å². The Morgan fingerprint density at radius 3 is 2.56 bits per heavy atom. The fourth-order valence-corrected chi connectivity index (χ4v) is 2.09. The predicted molar refractivity (Wildman–Crippen MR) is 67.2 cm³/mol. The van der Waals surface area contributed by atoms with Gasteiger partial charge in [-0.25, -0.2) is 4.79 Å². The second-order valence-electron chi connectivity index (χ2n) is 4.87. The molecule has 0 radical (unpaired) electrons. The van der Waals surface area contributed by atoms with E-state index in [4.69, 9.17) is 4.52 Å². The van der Waals surface area contributed by atoms with Gasteiger partial charge in [0.1, 0.15) is 0 Å². The molecule has 0 aromatic carbocycles. The highest BCUT2D eigenvalue weighted by molar-refractivity contribution is 5.73. The zero-order valence-corrected chi connectivity index (χ0v) is 11.2. The molecule has 6 nitrogen and oxygen atoms in total. The number of rotatable bonds is 2. The van der Waals surface area contributed by atoms with Crippen molar-refractivity contribution < 1.29 is 9.32 Å². The topological polar surface area (TPSA) is 52.8 Å². The molecule has 1 saturated heterocycles. The molecule has 0 atom stereocenters. The quantitative estimate of drug-likeness (QED) is 0.780. The lowest BCUT2D eigenvalue weighted by Gasteiger charge is -2.35. The number of urea groups is 1. The van der Waals surface area contributed by atoms with Crippen molar-refractivity contribution in [1.82, 2.24) is 19.9 Å². The minimum absolute atomic E-state index is 0.0881. The lowest BCUT2D eigenvalue weighted by Crippen LogP contribution is -2.51. The molecule has 18 heavy (non-hydrogen) atoms. The molecule has 2 rings (SSSR count). The largest absolute Gasteiger partial charge is 0.360 e. The highest BCUT2D eigenvalue weighted by Gasteiger charge is 2.22. The molecule has 0 unspecified atom stereocenters. The van der Waals surface area contributed by atoms with Crippen molar-refractivity contribution in [2.45, 2.75) is 13.5 Å². The number of amides is 2. The maximum atomic E-state index is 11.8. The van der Waals surface area contributed by atoms with E-state index in [2.05, 4.69) is 10.1 Å². The number of nitrogens with zero attached hydrogens (tertiary/aromatic N) is 4. The summed E-state index contributed by atoms with van der Waals surface area (Å²) in [5.74, 6) is 0.889. The molecule has 1 aliphatic heterocycles. The molecule has 1 aliphatic rings. The molecule has 1 fully saturated rings. The van der Waals surface area contributed by atoms with E-state index in [0.29, 0.717) is 0 Å². The van der Waals surface area contributed by atoms with E-state index in [0.717, 1.165) is 44.2 Å². The number of hydrogen-bond donors (Lipinski definition) is 0. The van der Waals surface area contributed by atoms with Crippen molar-refractivity contribution in [1.29, 1.82) is 0 Å². The summed E-state index contributed by atoms with van der Waals surface area (Å²) in [6.07, 6.45) is 0. The van der Waals surface area contributed by atoms with Crippen LogP contribution in [0.3, 0.4) is 0 Å². The third-order valence-corrected chi connectivity index (χ3v) is 3.08. The lowest BCUT2D eigenvalue weighted by atomic mass is 10.3. The van der Waals surface area contributed by atoms with Gasteiger partial charge in [0.15, 0.2) is 5.76 Å². The average Bonchev–Trinajstić information content (AvgIpc) is 2.75. The Kier molecular flexibility index (Phi) is 3.86. The highest BCUT2D eigenvalue weighted by Crippen LogP contribution is 2.10. The van der Waals surface area contributed by atoms with Gasteiger partial charge in [-0.2, -0.15) is 0 Å². The molecule has 0 N–H and O–H groups in total. The highest BCUT2D eigenvalue weighted by atomic mass is 16.5. The second-order valence-corrected chi connectivity index (χ2v) is 4.87. The third-order valence-electron chi connectivity index (χ3n) is 3.08. The number of aryl methyl sites for hydroxylation is 1. The van der Waals surface area contributed by atoms with Crippen molar-refractivity contribution in [3.05, 3.63) is 17.5 Å². The first-order valence-corrected chi connectivity index (χ1v) is 6.17. The van der Waals surface area contributed by atoms with Gasteiger partial charge in [0, 0.05) is 46.3 Å². The van der Waals surface area contributed by atoms with Crippen LogP contribution < -0.4 is 0 Å². The van der Waals surface area contributed by atoms with Crippen LogP contribution in [0.4, 0.5) is 4.79 Å². The third kappa shape index (κ3) is 3.01. The van der Waals surface area contributed by atoms with Crippen LogP contribution in [0.15, 0.2) is 10.6 Å². The molecule has 0 spiro atoms. The maximum Gasteiger partial charge on any atom is 0.319 e. The Morgan fingerprint density at radius 1 is 1.39 bits per heavy atom. The molecule has 2 heterocycles. The Labute approximate surface area is 107 Å². The summed E-state index contributed by atoms with van der Waals surface area (Å²) in [5, 5.41) is 3.88. The first-order valence-electron chi connectivity index (χ1n) is 6.17. The van der Waals surface area contributed by atoms with Gasteiger partial charge in [-0.15, -0.1) is 0 Å². The molecule has 2 amide bonds. The van der Waals surface area contributed by atoms with Crippen LogP contribution in [0.2, 0.25) is 0 Å². The molecule has 0 aliphatic carbocycles. The van der Waals surface area contributed by atoms with Crippen LogP contribution in [-0.4, -0.2) is 66.2 Å². The average molecular weight is 252 g/mol. The Balaban J connectivity index is 1.82. The van der Waals surface area contributed by atoms with Gasteiger partial charge in [-0.1, -0.05) is 5.16 Å². The van der Waals surface area contributed by atoms with Gasteiger partial charge in [0.25, 0.3) is 0 Å². The van der Waals surface area contributed by atoms with E-state index < -0.39 is 0 Å². The Morgan fingerprint density at radius 2 is 2.06 bits per heavy atom. The van der Waals surface area contributed by atoms with Crippen molar-refractivity contribution >= 4 is 6.03 Å². The SMILES string of the molecule is Cc1cc(CN2CCN(C(=O)N(C)C)CC2)on1. The molecule has 0 saturated carbocycles. The van der Waals surface area contributed by atoms with Crippen LogP contribution in [0.25, 0.3) is 0 Å². The van der Waals surface area contributed by atoms with E-state index in [1.807, 2.05) is 17.9 Å². The van der Waals surface area contributed by atoms with E-state index in [1.165, 1.54) is 0 Å². The standard InChI is InChI=1S/C12H20N4O2/c1-10-8-11(18-13-10)9-15-4-6-16(7-5-15)12(17)14(2)3/h8H,4-7,9H2,1-3H3. The van der Waals surface area contributed by atoms with Gasteiger partial charge in [0.05, 0.1) is 12.2 Å². The Hall–Kier alpha value is -1.56. The molecular weight excluding hydrogens is 232 g/mol. The van der Waals surface area contributed by atoms with E-state index in [9.17, 15) is 4.79 Å². The summed E-state index contributed by atoms with van der Waals surface area (Å²) >= 11 is 0. The minimum Gasteiger partial charge on any atom is -0.360 e. The zero-order valence-electron chi connectivity index (χ0n) is 11.2. The van der Waals surface area contributed by atoms with Crippen LogP contribution in [0.1, 0.15) is 11.5 Å². The van der Waals surface area contributed by atoms with E-state index >= 15 is 0 Å². The molecule has 0 bridgehead atoms. The molecular formula is C12H20N4O2. The summed E-state index contributed by atoms with van der Waals surface area (Å²) in [6, 6.07) is 2.04. The smallest absolute Gasteiger partial charge is 0.319 e. The van der Waals surface area contributed by atoms with Crippen LogP contribution in [-0.2, 0) is 6.54 Å². The lowest BCUT2D eigenvalue weighted by molar-refractivity contribution is 0.114. The minimum atomic E-state index is 0.0881. The second kappa shape index (κ2) is 5.39. The number of hydrogen-bond acceptors (Lipinski definition) is 4. The molecule has 1 aromatic rings. The summed E-state index contributed by atoms with van der Waals surface area (Å²) in [6.45, 7) is 5.97. The molecule has 100 valence electrons. The van der Waals surface area contributed by atoms with Gasteiger partial charge < -0.3 is 14.3 Å². The monoisotopic (exact) mass is 252 g/mol. The van der Waals surface area contributed by atoms with E-state index in [1.54, 1.807) is 19.0 Å². The maximum absolute atomic E-state index is 11.8. The summed E-state index contributed by atoms with van der Waals surface area (Å²) in [5.41, 5.74) is 0.909. The first kappa shape index (κ1) is 12.9. The van der Waals surface area contributed by atoms with Gasteiger partial charge in [-0.3, -0.25) is 4.90 Å². The summed E-state index contributed by atoms with van der Waals surface area (Å²) < 4.78 is 5.20.